The minimum atomic E-state index is -0.509. The molecule has 8 heteroatoms. The van der Waals surface area contributed by atoms with Crippen LogP contribution in [-0.4, -0.2) is 34.6 Å². The third-order valence-corrected chi connectivity index (χ3v) is 5.27. The van der Waals surface area contributed by atoms with Crippen molar-refractivity contribution in [3.63, 3.8) is 0 Å². The van der Waals surface area contributed by atoms with Crippen molar-refractivity contribution >= 4 is 29.3 Å². The van der Waals surface area contributed by atoms with Crippen molar-refractivity contribution in [1.29, 1.82) is 0 Å². The Morgan fingerprint density at radius 2 is 1.87 bits per heavy atom. The molecule has 0 fully saturated rings. The van der Waals surface area contributed by atoms with Gasteiger partial charge in [0, 0.05) is 29.7 Å². The molecule has 3 amide bonds. The molecule has 0 aliphatic carbocycles. The Bertz CT molecular complexity index is 1140. The Labute approximate surface area is 176 Å². The van der Waals surface area contributed by atoms with E-state index in [2.05, 4.69) is 0 Å². The predicted octanol–water partition coefficient (Wildman–Crippen LogP) is 4.14. The summed E-state index contributed by atoms with van der Waals surface area (Å²) < 4.78 is 19.2. The molecule has 30 heavy (non-hydrogen) atoms. The molecule has 0 bridgehead atoms. The molecular formula is C22H16ClFN2O4. The van der Waals surface area contributed by atoms with E-state index in [1.165, 1.54) is 48.5 Å². The number of benzene rings is 2. The van der Waals surface area contributed by atoms with E-state index >= 15 is 0 Å². The van der Waals surface area contributed by atoms with Gasteiger partial charge < -0.3 is 9.32 Å². The fraction of sp³-hybridized carbons (Fsp3) is 0.136. The first-order valence-corrected chi connectivity index (χ1v) is 9.45. The summed E-state index contributed by atoms with van der Waals surface area (Å²) in [4.78, 5) is 40.5. The largest absolute Gasteiger partial charge is 0.467 e. The summed E-state index contributed by atoms with van der Waals surface area (Å²) in [6.07, 6.45) is 1.46. The zero-order chi connectivity index (χ0) is 21.4. The van der Waals surface area contributed by atoms with Crippen molar-refractivity contribution in [1.82, 2.24) is 9.80 Å². The molecule has 0 saturated heterocycles. The lowest BCUT2D eigenvalue weighted by molar-refractivity contribution is 0.0631. The smallest absolute Gasteiger partial charge is 0.261 e. The number of rotatable bonds is 5. The van der Waals surface area contributed by atoms with Crippen LogP contribution in [-0.2, 0) is 13.1 Å². The van der Waals surface area contributed by atoms with Crippen LogP contribution in [0.5, 0.6) is 0 Å². The van der Waals surface area contributed by atoms with Gasteiger partial charge in [-0.05, 0) is 42.5 Å². The average molecular weight is 427 g/mol. The van der Waals surface area contributed by atoms with Gasteiger partial charge in [0.1, 0.15) is 11.6 Å². The summed E-state index contributed by atoms with van der Waals surface area (Å²) in [7, 11) is 1.51. The molecule has 1 aliphatic rings. The van der Waals surface area contributed by atoms with Gasteiger partial charge in [0.25, 0.3) is 17.7 Å². The summed E-state index contributed by atoms with van der Waals surface area (Å²) in [6, 6.07) is 12.0. The Balaban J connectivity index is 1.56. The molecule has 1 aromatic heterocycles. The standard InChI is InChI=1S/C22H16ClFN2O4/c1-25(12-17-18(23)5-2-6-19(17)24)20(27)13-7-8-15-16(10-13)22(29)26(21(15)28)11-14-4-3-9-30-14/h2-10H,11-12H2,1H3. The third kappa shape index (κ3) is 3.48. The van der Waals surface area contributed by atoms with Gasteiger partial charge in [-0.15, -0.1) is 0 Å². The topological polar surface area (TPSA) is 70.8 Å². The monoisotopic (exact) mass is 426 g/mol. The number of fused-ring (bicyclic) bond motifs is 1. The van der Waals surface area contributed by atoms with E-state index in [1.54, 1.807) is 18.2 Å². The number of hydrogen-bond donors (Lipinski definition) is 0. The minimum Gasteiger partial charge on any atom is -0.467 e. The highest BCUT2D eigenvalue weighted by Crippen LogP contribution is 2.27. The van der Waals surface area contributed by atoms with Crippen molar-refractivity contribution in [3.8, 4) is 0 Å². The molecule has 2 aromatic carbocycles. The fourth-order valence-electron chi connectivity index (χ4n) is 3.34. The maximum absolute atomic E-state index is 14.0. The quantitative estimate of drug-likeness (QED) is 0.575. The van der Waals surface area contributed by atoms with Crippen molar-refractivity contribution in [3.05, 3.63) is 93.6 Å². The summed E-state index contributed by atoms with van der Waals surface area (Å²) in [6.45, 7) is -0.0345. The number of carbonyl (C=O) groups is 3. The van der Waals surface area contributed by atoms with Gasteiger partial charge in [0.05, 0.1) is 23.9 Å². The van der Waals surface area contributed by atoms with Crippen LogP contribution in [0, 0.1) is 5.82 Å². The van der Waals surface area contributed by atoms with Crippen LogP contribution in [0.2, 0.25) is 5.02 Å². The number of carbonyl (C=O) groups excluding carboxylic acids is 3. The number of hydrogen-bond acceptors (Lipinski definition) is 4. The van der Waals surface area contributed by atoms with Crippen LogP contribution in [0.25, 0.3) is 0 Å². The maximum atomic E-state index is 14.0. The maximum Gasteiger partial charge on any atom is 0.261 e. The Morgan fingerprint density at radius 3 is 2.57 bits per heavy atom. The first kappa shape index (κ1) is 19.8. The lowest BCUT2D eigenvalue weighted by Gasteiger charge is -2.18. The lowest BCUT2D eigenvalue weighted by Crippen LogP contribution is -2.29. The highest BCUT2D eigenvalue weighted by Gasteiger charge is 2.36. The number of amides is 3. The van der Waals surface area contributed by atoms with Gasteiger partial charge in [0.2, 0.25) is 0 Å². The number of nitrogens with zero attached hydrogens (tertiary/aromatic N) is 2. The predicted molar refractivity (Wildman–Crippen MR) is 107 cm³/mol. The SMILES string of the molecule is CN(Cc1c(F)cccc1Cl)C(=O)c1ccc2c(c1)C(=O)N(Cc1ccco1)C2=O. The molecular weight excluding hydrogens is 411 g/mol. The molecule has 3 aromatic rings. The number of furan rings is 1. The summed E-state index contributed by atoms with van der Waals surface area (Å²) in [5.74, 6) is -1.41. The highest BCUT2D eigenvalue weighted by atomic mass is 35.5. The molecule has 0 unspecified atom stereocenters. The van der Waals surface area contributed by atoms with Crippen molar-refractivity contribution in [2.24, 2.45) is 0 Å². The van der Waals surface area contributed by atoms with E-state index in [4.69, 9.17) is 16.0 Å². The second-order valence-corrected chi connectivity index (χ2v) is 7.30. The summed E-state index contributed by atoms with van der Waals surface area (Å²) in [5, 5.41) is 0.220. The molecule has 0 saturated carbocycles. The molecule has 0 spiro atoms. The fourth-order valence-corrected chi connectivity index (χ4v) is 3.56. The van der Waals surface area contributed by atoms with Crippen LogP contribution in [0.3, 0.4) is 0 Å². The minimum absolute atomic E-state index is 0.00825. The van der Waals surface area contributed by atoms with Crippen LogP contribution in [0.15, 0.2) is 59.2 Å². The molecule has 0 N–H and O–H groups in total. The summed E-state index contributed by atoms with van der Waals surface area (Å²) >= 11 is 6.04. The molecule has 2 heterocycles. The third-order valence-electron chi connectivity index (χ3n) is 4.92. The Morgan fingerprint density at radius 1 is 1.10 bits per heavy atom. The van der Waals surface area contributed by atoms with E-state index in [1.807, 2.05) is 0 Å². The first-order chi connectivity index (χ1) is 14.4. The Kier molecular flexibility index (Phi) is 5.13. The molecule has 4 rings (SSSR count). The number of halogens is 2. The van der Waals surface area contributed by atoms with E-state index < -0.39 is 23.5 Å². The number of imide groups is 1. The highest BCUT2D eigenvalue weighted by molar-refractivity contribution is 6.31. The van der Waals surface area contributed by atoms with Crippen molar-refractivity contribution < 1.29 is 23.2 Å². The van der Waals surface area contributed by atoms with E-state index in [0.29, 0.717) is 5.76 Å². The molecule has 1 aliphatic heterocycles. The molecule has 6 nitrogen and oxygen atoms in total. The molecule has 0 atom stereocenters. The van der Waals surface area contributed by atoms with Crippen LogP contribution >= 0.6 is 11.6 Å². The van der Waals surface area contributed by atoms with Gasteiger partial charge >= 0.3 is 0 Å². The van der Waals surface area contributed by atoms with Crippen molar-refractivity contribution in [2.45, 2.75) is 13.1 Å². The summed E-state index contributed by atoms with van der Waals surface area (Å²) in [5.41, 5.74) is 0.786. The van der Waals surface area contributed by atoms with E-state index in [0.717, 1.165) is 4.90 Å². The molecule has 0 radical (unpaired) electrons. The van der Waals surface area contributed by atoms with Crippen molar-refractivity contribution in [2.75, 3.05) is 7.05 Å². The lowest BCUT2D eigenvalue weighted by atomic mass is 10.0. The van der Waals surface area contributed by atoms with Crippen LogP contribution in [0.1, 0.15) is 42.4 Å². The van der Waals surface area contributed by atoms with Gasteiger partial charge in [-0.3, -0.25) is 19.3 Å². The van der Waals surface area contributed by atoms with Gasteiger partial charge in [-0.25, -0.2) is 4.39 Å². The van der Waals surface area contributed by atoms with Crippen LogP contribution in [0.4, 0.5) is 4.39 Å². The van der Waals surface area contributed by atoms with Gasteiger partial charge in [0.15, 0.2) is 0 Å². The van der Waals surface area contributed by atoms with Gasteiger partial charge in [-0.2, -0.15) is 0 Å². The second-order valence-electron chi connectivity index (χ2n) is 6.90. The van der Waals surface area contributed by atoms with E-state index in [9.17, 15) is 18.8 Å². The zero-order valence-corrected chi connectivity index (χ0v) is 16.6. The first-order valence-electron chi connectivity index (χ1n) is 9.08. The normalized spacial score (nSPS) is 13.0. The Hall–Kier alpha value is -3.45. The van der Waals surface area contributed by atoms with Crippen LogP contribution < -0.4 is 0 Å². The zero-order valence-electron chi connectivity index (χ0n) is 15.9. The molecule has 152 valence electrons. The second kappa shape index (κ2) is 7.76. The average Bonchev–Trinajstić information content (AvgIpc) is 3.33. The van der Waals surface area contributed by atoms with E-state index in [-0.39, 0.29) is 40.4 Å². The van der Waals surface area contributed by atoms with Gasteiger partial charge in [-0.1, -0.05) is 17.7 Å².